The van der Waals surface area contributed by atoms with Crippen molar-refractivity contribution in [1.29, 1.82) is 0 Å². The molecule has 0 saturated carbocycles. The van der Waals surface area contributed by atoms with E-state index in [1.807, 2.05) is 38.1 Å². The Kier molecular flexibility index (Phi) is 9.12. The molecule has 1 N–H and O–H groups in total. The zero-order valence-electron chi connectivity index (χ0n) is 18.3. The molecule has 0 aliphatic heterocycles. The van der Waals surface area contributed by atoms with Crippen molar-refractivity contribution in [1.82, 2.24) is 19.4 Å². The molecule has 0 spiro atoms. The number of likely N-dealkylation sites (N-methyl/N-ethyl adjacent to an activating group) is 1. The quantitative estimate of drug-likeness (QED) is 0.592. The molecule has 2 amide bonds. The van der Waals surface area contributed by atoms with Gasteiger partial charge in [0.15, 0.2) is 0 Å². The highest BCUT2D eigenvalue weighted by Gasteiger charge is 2.15. The molecule has 0 aliphatic rings. The van der Waals surface area contributed by atoms with Gasteiger partial charge in [-0.05, 0) is 45.5 Å². The first-order valence-electron chi connectivity index (χ1n) is 10.8. The average molecular weight is 402 g/mol. The lowest BCUT2D eigenvalue weighted by Gasteiger charge is -2.19. The maximum atomic E-state index is 12.5. The van der Waals surface area contributed by atoms with Gasteiger partial charge >= 0.3 is 0 Å². The van der Waals surface area contributed by atoms with Gasteiger partial charge in [0.25, 0.3) is 0 Å². The Bertz CT molecular complexity index is 794. The van der Waals surface area contributed by atoms with Gasteiger partial charge in [-0.3, -0.25) is 14.9 Å². The third kappa shape index (κ3) is 6.29. The van der Waals surface area contributed by atoms with Gasteiger partial charge < -0.3 is 14.4 Å². The Morgan fingerprint density at radius 3 is 2.34 bits per heavy atom. The first-order chi connectivity index (χ1) is 14.0. The fraction of sp³-hybridized carbons (Fsp3) is 0.591. The molecule has 29 heavy (non-hydrogen) atoms. The number of rotatable bonds is 12. The van der Waals surface area contributed by atoms with E-state index in [4.69, 9.17) is 0 Å². The topological polar surface area (TPSA) is 70.5 Å². The van der Waals surface area contributed by atoms with Gasteiger partial charge in [-0.25, -0.2) is 4.98 Å². The van der Waals surface area contributed by atoms with Crippen LogP contribution >= 0.6 is 0 Å². The molecule has 0 aliphatic carbocycles. The van der Waals surface area contributed by atoms with Crippen LogP contribution in [0.1, 0.15) is 47.0 Å². The molecule has 0 fully saturated rings. The molecule has 1 aromatic heterocycles. The molecular weight excluding hydrogens is 366 g/mol. The minimum atomic E-state index is -0.100. The largest absolute Gasteiger partial charge is 0.343 e. The van der Waals surface area contributed by atoms with Gasteiger partial charge in [0, 0.05) is 39.0 Å². The molecule has 0 radical (unpaired) electrons. The van der Waals surface area contributed by atoms with E-state index in [2.05, 4.69) is 33.6 Å². The van der Waals surface area contributed by atoms with Gasteiger partial charge in [-0.1, -0.05) is 26.0 Å². The number of carbonyl (C=O) groups is 2. The van der Waals surface area contributed by atoms with E-state index < -0.39 is 0 Å². The number of benzene rings is 1. The van der Waals surface area contributed by atoms with Crippen molar-refractivity contribution in [3.05, 3.63) is 24.3 Å². The molecule has 2 aromatic rings. The van der Waals surface area contributed by atoms with Crippen molar-refractivity contribution < 1.29 is 9.59 Å². The number of anilines is 1. The van der Waals surface area contributed by atoms with Crippen molar-refractivity contribution in [3.8, 4) is 0 Å². The lowest BCUT2D eigenvalue weighted by Crippen LogP contribution is -2.30. The Labute approximate surface area is 174 Å². The molecule has 160 valence electrons. The van der Waals surface area contributed by atoms with Crippen LogP contribution in [0, 0.1) is 0 Å². The SMILES string of the molecule is CCN(CC)CCn1c(NC(=O)CCCC(=O)N(CC)CC)nc2ccccc21. The molecule has 1 heterocycles. The summed E-state index contributed by atoms with van der Waals surface area (Å²) in [5.74, 6) is 0.587. The summed E-state index contributed by atoms with van der Waals surface area (Å²) in [6, 6.07) is 7.93. The van der Waals surface area contributed by atoms with Crippen LogP contribution in [0.4, 0.5) is 5.95 Å². The van der Waals surface area contributed by atoms with Crippen molar-refractivity contribution in [2.45, 2.75) is 53.5 Å². The van der Waals surface area contributed by atoms with Crippen molar-refractivity contribution >= 4 is 28.8 Å². The van der Waals surface area contributed by atoms with Crippen molar-refractivity contribution in [2.24, 2.45) is 0 Å². The van der Waals surface area contributed by atoms with Crippen LogP contribution in [0.15, 0.2) is 24.3 Å². The zero-order chi connectivity index (χ0) is 21.2. The minimum Gasteiger partial charge on any atom is -0.343 e. The molecule has 0 saturated heterocycles. The van der Waals surface area contributed by atoms with E-state index in [1.165, 1.54) is 0 Å². The van der Waals surface area contributed by atoms with Crippen LogP contribution in [0.2, 0.25) is 0 Å². The Morgan fingerprint density at radius 1 is 1.00 bits per heavy atom. The summed E-state index contributed by atoms with van der Waals surface area (Å²) in [6.07, 6.45) is 1.25. The van der Waals surface area contributed by atoms with Crippen LogP contribution in [-0.4, -0.2) is 63.9 Å². The van der Waals surface area contributed by atoms with E-state index in [9.17, 15) is 9.59 Å². The smallest absolute Gasteiger partial charge is 0.226 e. The van der Waals surface area contributed by atoms with Crippen LogP contribution in [0.5, 0.6) is 0 Å². The number of nitrogens with one attached hydrogen (secondary N) is 1. The number of fused-ring (bicyclic) bond motifs is 1. The number of hydrogen-bond donors (Lipinski definition) is 1. The number of carbonyl (C=O) groups excluding carboxylic acids is 2. The first kappa shape index (κ1) is 22.9. The van der Waals surface area contributed by atoms with E-state index in [-0.39, 0.29) is 11.8 Å². The van der Waals surface area contributed by atoms with Gasteiger partial charge in [-0.15, -0.1) is 0 Å². The van der Waals surface area contributed by atoms with Gasteiger partial charge in [0.1, 0.15) is 0 Å². The molecular formula is C22H35N5O2. The van der Waals surface area contributed by atoms with Crippen molar-refractivity contribution in [2.75, 3.05) is 38.0 Å². The summed E-state index contributed by atoms with van der Waals surface area (Å²) < 4.78 is 2.08. The predicted octanol–water partition coefficient (Wildman–Crippen LogP) is 3.36. The number of para-hydroxylation sites is 2. The Balaban J connectivity index is 2.01. The monoisotopic (exact) mass is 401 g/mol. The molecule has 0 atom stereocenters. The van der Waals surface area contributed by atoms with E-state index in [0.29, 0.717) is 38.3 Å². The normalized spacial score (nSPS) is 11.2. The minimum absolute atomic E-state index is 0.100. The Morgan fingerprint density at radius 2 is 1.69 bits per heavy atom. The van der Waals surface area contributed by atoms with Crippen LogP contribution in [0.3, 0.4) is 0 Å². The van der Waals surface area contributed by atoms with Gasteiger partial charge in [0.2, 0.25) is 17.8 Å². The van der Waals surface area contributed by atoms with E-state index >= 15 is 0 Å². The summed E-state index contributed by atoms with van der Waals surface area (Å²) in [4.78, 5) is 33.3. The summed E-state index contributed by atoms with van der Waals surface area (Å²) in [5, 5.41) is 2.96. The molecule has 0 unspecified atom stereocenters. The number of aromatic nitrogens is 2. The van der Waals surface area contributed by atoms with Crippen LogP contribution in [-0.2, 0) is 16.1 Å². The summed E-state index contributed by atoms with van der Waals surface area (Å²) >= 11 is 0. The van der Waals surface area contributed by atoms with Crippen LogP contribution < -0.4 is 5.32 Å². The third-order valence-corrected chi connectivity index (χ3v) is 5.35. The molecule has 7 nitrogen and oxygen atoms in total. The Hall–Kier alpha value is -2.41. The standard InChI is InChI=1S/C22H35N5O2/c1-5-25(6-2)16-17-27-19-13-10-9-12-18(19)23-22(27)24-20(28)14-11-15-21(29)26(7-3)8-4/h9-10,12-13H,5-8,11,14-17H2,1-4H3,(H,23,24,28). The third-order valence-electron chi connectivity index (χ3n) is 5.35. The maximum Gasteiger partial charge on any atom is 0.226 e. The first-order valence-corrected chi connectivity index (χ1v) is 10.8. The summed E-state index contributed by atoms with van der Waals surface area (Å²) in [7, 11) is 0. The molecule has 7 heteroatoms. The number of hydrogen-bond acceptors (Lipinski definition) is 4. The van der Waals surface area contributed by atoms with Crippen LogP contribution in [0.25, 0.3) is 11.0 Å². The second-order valence-corrected chi connectivity index (χ2v) is 7.07. The molecule has 0 bridgehead atoms. The summed E-state index contributed by atoms with van der Waals surface area (Å²) in [6.45, 7) is 13.3. The zero-order valence-corrected chi connectivity index (χ0v) is 18.3. The fourth-order valence-corrected chi connectivity index (χ4v) is 3.50. The number of amides is 2. The average Bonchev–Trinajstić information content (AvgIpc) is 3.06. The molecule has 2 rings (SSSR count). The second-order valence-electron chi connectivity index (χ2n) is 7.07. The predicted molar refractivity (Wildman–Crippen MR) is 118 cm³/mol. The highest BCUT2D eigenvalue weighted by atomic mass is 16.2. The number of imidazole rings is 1. The lowest BCUT2D eigenvalue weighted by molar-refractivity contribution is -0.130. The van der Waals surface area contributed by atoms with Gasteiger partial charge in [-0.2, -0.15) is 0 Å². The van der Waals surface area contributed by atoms with Crippen molar-refractivity contribution in [3.63, 3.8) is 0 Å². The number of nitrogens with zero attached hydrogens (tertiary/aromatic N) is 4. The molecule has 1 aromatic carbocycles. The second kappa shape index (κ2) is 11.6. The van der Waals surface area contributed by atoms with E-state index in [0.717, 1.165) is 37.2 Å². The highest BCUT2D eigenvalue weighted by molar-refractivity contribution is 5.91. The van der Waals surface area contributed by atoms with E-state index in [1.54, 1.807) is 4.90 Å². The van der Waals surface area contributed by atoms with Gasteiger partial charge in [0.05, 0.1) is 11.0 Å². The maximum absolute atomic E-state index is 12.5. The lowest BCUT2D eigenvalue weighted by atomic mass is 10.2. The fourth-order valence-electron chi connectivity index (χ4n) is 3.50. The summed E-state index contributed by atoms with van der Waals surface area (Å²) in [5.41, 5.74) is 1.89. The highest BCUT2D eigenvalue weighted by Crippen LogP contribution is 2.20.